The molecule has 1 heterocycles. The van der Waals surface area contributed by atoms with Crippen molar-refractivity contribution < 1.29 is 0 Å². The van der Waals surface area contributed by atoms with Gasteiger partial charge in [-0.2, -0.15) is 0 Å². The van der Waals surface area contributed by atoms with Gasteiger partial charge >= 0.3 is 0 Å². The number of nitrogens with two attached hydrogens (primary N) is 1. The second-order valence-corrected chi connectivity index (χ2v) is 7.61. The van der Waals surface area contributed by atoms with Gasteiger partial charge in [0.2, 0.25) is 0 Å². The summed E-state index contributed by atoms with van der Waals surface area (Å²) in [7, 11) is 0. The minimum Gasteiger partial charge on any atom is -0.271 e. The summed E-state index contributed by atoms with van der Waals surface area (Å²) < 4.78 is 0. The molecular formula is C13H25N3S. The quantitative estimate of drug-likeness (QED) is 0.645. The highest BCUT2D eigenvalue weighted by atomic mass is 32.1. The van der Waals surface area contributed by atoms with Crippen LogP contribution in [0.25, 0.3) is 0 Å². The van der Waals surface area contributed by atoms with Crippen LogP contribution in [0, 0.1) is 5.41 Å². The zero-order valence-corrected chi connectivity index (χ0v) is 12.6. The fourth-order valence-corrected chi connectivity index (χ4v) is 2.61. The summed E-state index contributed by atoms with van der Waals surface area (Å²) in [5, 5.41) is 3.32. The molecule has 98 valence electrons. The molecule has 1 aromatic heterocycles. The van der Waals surface area contributed by atoms with Crippen LogP contribution in [-0.2, 0) is 11.8 Å². The van der Waals surface area contributed by atoms with Crippen molar-refractivity contribution in [3.05, 3.63) is 16.1 Å². The third-order valence-corrected chi connectivity index (χ3v) is 3.82. The zero-order valence-electron chi connectivity index (χ0n) is 11.8. The Morgan fingerprint density at radius 3 is 2.24 bits per heavy atom. The molecule has 1 atom stereocenters. The Morgan fingerprint density at radius 2 is 1.88 bits per heavy atom. The number of hydrogen-bond donors (Lipinski definition) is 2. The number of thiazole rings is 1. The van der Waals surface area contributed by atoms with E-state index in [4.69, 9.17) is 10.8 Å². The summed E-state index contributed by atoms with van der Waals surface area (Å²) in [5.74, 6) is 5.63. The predicted octanol–water partition coefficient (Wildman–Crippen LogP) is 2.86. The van der Waals surface area contributed by atoms with Crippen molar-refractivity contribution >= 4 is 11.3 Å². The number of rotatable bonds is 3. The molecule has 0 saturated heterocycles. The molecule has 0 amide bonds. The summed E-state index contributed by atoms with van der Waals surface area (Å²) in [6.07, 6.45) is 0.890. The standard InChI is InChI=1S/C13H25N3S/c1-12(2,3)9(16-14)7-11-15-10(8-17-11)13(4,5)6/h8-9,16H,7,14H2,1-6H3. The van der Waals surface area contributed by atoms with E-state index in [9.17, 15) is 0 Å². The average molecular weight is 255 g/mol. The monoisotopic (exact) mass is 255 g/mol. The molecule has 4 heteroatoms. The van der Waals surface area contributed by atoms with Gasteiger partial charge in [0.15, 0.2) is 0 Å². The highest BCUT2D eigenvalue weighted by Gasteiger charge is 2.25. The number of hydrazine groups is 1. The third kappa shape index (κ3) is 4.05. The highest BCUT2D eigenvalue weighted by molar-refractivity contribution is 7.09. The first-order valence-electron chi connectivity index (χ1n) is 6.05. The van der Waals surface area contributed by atoms with Crippen LogP contribution < -0.4 is 11.3 Å². The molecule has 3 N–H and O–H groups in total. The van der Waals surface area contributed by atoms with Gasteiger partial charge in [-0.3, -0.25) is 11.3 Å². The lowest BCUT2D eigenvalue weighted by Gasteiger charge is -2.29. The normalized spacial score (nSPS) is 15.0. The molecule has 0 aromatic carbocycles. The van der Waals surface area contributed by atoms with Crippen molar-refractivity contribution in [1.29, 1.82) is 0 Å². The maximum Gasteiger partial charge on any atom is 0.0944 e. The van der Waals surface area contributed by atoms with E-state index in [0.29, 0.717) is 0 Å². The first kappa shape index (κ1) is 14.6. The highest BCUT2D eigenvalue weighted by Crippen LogP contribution is 2.27. The Kier molecular flexibility index (Phi) is 4.33. The van der Waals surface area contributed by atoms with Gasteiger partial charge in [0.05, 0.1) is 10.7 Å². The molecule has 1 unspecified atom stereocenters. The number of hydrogen-bond acceptors (Lipinski definition) is 4. The smallest absolute Gasteiger partial charge is 0.0944 e. The maximum atomic E-state index is 5.63. The number of nitrogens with zero attached hydrogens (tertiary/aromatic N) is 1. The summed E-state index contributed by atoms with van der Waals surface area (Å²) in [5.41, 5.74) is 4.34. The van der Waals surface area contributed by atoms with Crippen LogP contribution in [0.2, 0.25) is 0 Å². The van der Waals surface area contributed by atoms with Crippen molar-refractivity contribution in [3.8, 4) is 0 Å². The van der Waals surface area contributed by atoms with Crippen LogP contribution in [0.1, 0.15) is 52.2 Å². The molecule has 0 fully saturated rings. The van der Waals surface area contributed by atoms with Crippen LogP contribution in [0.4, 0.5) is 0 Å². The van der Waals surface area contributed by atoms with Crippen LogP contribution in [-0.4, -0.2) is 11.0 Å². The fraction of sp³-hybridized carbons (Fsp3) is 0.769. The van der Waals surface area contributed by atoms with E-state index in [1.165, 1.54) is 5.69 Å². The third-order valence-electron chi connectivity index (χ3n) is 2.95. The van der Waals surface area contributed by atoms with Gasteiger partial charge in [-0.25, -0.2) is 4.98 Å². The van der Waals surface area contributed by atoms with Crippen molar-refractivity contribution in [2.75, 3.05) is 0 Å². The van der Waals surface area contributed by atoms with Gasteiger partial charge in [0.25, 0.3) is 0 Å². The van der Waals surface area contributed by atoms with Crippen LogP contribution >= 0.6 is 11.3 Å². The van der Waals surface area contributed by atoms with Crippen molar-refractivity contribution in [1.82, 2.24) is 10.4 Å². The minimum atomic E-state index is 0.127. The molecule has 0 aliphatic heterocycles. The lowest BCUT2D eigenvalue weighted by Crippen LogP contribution is -2.45. The molecule has 17 heavy (non-hydrogen) atoms. The van der Waals surface area contributed by atoms with E-state index < -0.39 is 0 Å². The predicted molar refractivity (Wildman–Crippen MR) is 75.1 cm³/mol. The molecule has 3 nitrogen and oxygen atoms in total. The van der Waals surface area contributed by atoms with Crippen molar-refractivity contribution in [3.63, 3.8) is 0 Å². The molecule has 0 aliphatic carbocycles. The van der Waals surface area contributed by atoms with Gasteiger partial charge in [0, 0.05) is 23.3 Å². The second-order valence-electron chi connectivity index (χ2n) is 6.67. The SMILES string of the molecule is CC(C)(C)c1csc(CC(NN)C(C)(C)C)n1. The lowest BCUT2D eigenvalue weighted by atomic mass is 9.85. The van der Waals surface area contributed by atoms with Crippen molar-refractivity contribution in [2.24, 2.45) is 11.3 Å². The Hall–Kier alpha value is -0.450. The lowest BCUT2D eigenvalue weighted by molar-refractivity contribution is 0.268. The van der Waals surface area contributed by atoms with Crippen molar-refractivity contribution in [2.45, 2.75) is 59.4 Å². The van der Waals surface area contributed by atoms with Gasteiger partial charge < -0.3 is 0 Å². The fourth-order valence-electron chi connectivity index (χ4n) is 1.54. The summed E-state index contributed by atoms with van der Waals surface area (Å²) >= 11 is 1.73. The van der Waals surface area contributed by atoms with Gasteiger partial charge in [0.1, 0.15) is 0 Å². The summed E-state index contributed by atoms with van der Waals surface area (Å²) in [6, 6.07) is 0.251. The van der Waals surface area contributed by atoms with E-state index >= 15 is 0 Å². The Balaban J connectivity index is 2.79. The van der Waals surface area contributed by atoms with E-state index in [1.807, 2.05) is 0 Å². The first-order valence-corrected chi connectivity index (χ1v) is 6.93. The number of nitrogens with one attached hydrogen (secondary N) is 1. The van der Waals surface area contributed by atoms with Crippen LogP contribution in [0.15, 0.2) is 5.38 Å². The molecule has 0 spiro atoms. The molecule has 1 rings (SSSR count). The van der Waals surface area contributed by atoms with Gasteiger partial charge in [-0.15, -0.1) is 11.3 Å². The maximum absolute atomic E-state index is 5.63. The molecule has 1 aromatic rings. The summed E-state index contributed by atoms with van der Waals surface area (Å²) in [4.78, 5) is 4.71. The van der Waals surface area contributed by atoms with Crippen LogP contribution in [0.5, 0.6) is 0 Å². The minimum absolute atomic E-state index is 0.127. The Morgan fingerprint density at radius 1 is 1.29 bits per heavy atom. The largest absolute Gasteiger partial charge is 0.271 e. The van der Waals surface area contributed by atoms with Gasteiger partial charge in [-0.1, -0.05) is 41.5 Å². The molecular weight excluding hydrogens is 230 g/mol. The molecule has 0 saturated carbocycles. The molecule has 0 bridgehead atoms. The molecule has 0 radical (unpaired) electrons. The average Bonchev–Trinajstić information content (AvgIpc) is 2.59. The van der Waals surface area contributed by atoms with E-state index in [2.05, 4.69) is 52.3 Å². The second kappa shape index (κ2) is 5.04. The van der Waals surface area contributed by atoms with E-state index in [-0.39, 0.29) is 16.9 Å². The van der Waals surface area contributed by atoms with E-state index in [1.54, 1.807) is 11.3 Å². The van der Waals surface area contributed by atoms with Crippen LogP contribution in [0.3, 0.4) is 0 Å². The zero-order chi connectivity index (χ0) is 13.3. The number of aromatic nitrogens is 1. The first-order chi connectivity index (χ1) is 7.64. The molecule has 0 aliphatic rings. The summed E-state index contributed by atoms with van der Waals surface area (Å²) in [6.45, 7) is 13.1. The topological polar surface area (TPSA) is 50.9 Å². The Bertz CT molecular complexity index is 357. The Labute approximate surface area is 109 Å². The van der Waals surface area contributed by atoms with E-state index in [0.717, 1.165) is 11.4 Å². The van der Waals surface area contributed by atoms with Gasteiger partial charge in [-0.05, 0) is 5.41 Å².